The predicted octanol–water partition coefficient (Wildman–Crippen LogP) is 5.28. The minimum absolute atomic E-state index is 0.180. The van der Waals surface area contributed by atoms with Gasteiger partial charge in [-0.1, -0.05) is 18.2 Å². The van der Waals surface area contributed by atoms with Crippen LogP contribution in [-0.2, 0) is 6.61 Å². The molecule has 9 heteroatoms. The first-order valence-corrected chi connectivity index (χ1v) is 8.43. The highest BCUT2D eigenvalue weighted by Crippen LogP contribution is 2.27. The van der Waals surface area contributed by atoms with Crippen molar-refractivity contribution in [3.63, 3.8) is 0 Å². The van der Waals surface area contributed by atoms with E-state index in [1.165, 1.54) is 0 Å². The van der Waals surface area contributed by atoms with E-state index in [1.807, 2.05) is 5.43 Å². The molecule has 152 valence electrons. The Kier molecular flexibility index (Phi) is 6.27. The van der Waals surface area contributed by atoms with Crippen LogP contribution >= 0.6 is 0 Å². The molecule has 30 heavy (non-hydrogen) atoms. The summed E-state index contributed by atoms with van der Waals surface area (Å²) in [7, 11) is 0. The van der Waals surface area contributed by atoms with Crippen molar-refractivity contribution < 1.29 is 26.7 Å². The Morgan fingerprint density at radius 1 is 0.867 bits per heavy atom. The molecule has 0 aromatic heterocycles. The van der Waals surface area contributed by atoms with E-state index in [-0.39, 0.29) is 6.61 Å². The average molecular weight is 417 g/mol. The number of hydrogen-bond acceptors (Lipinski definition) is 4. The molecule has 3 aromatic carbocycles. The lowest BCUT2D eigenvalue weighted by molar-refractivity contribution is 0.306. The van der Waals surface area contributed by atoms with Crippen LogP contribution in [0.5, 0.6) is 5.75 Å². The largest absolute Gasteiger partial charge is 0.489 e. The van der Waals surface area contributed by atoms with E-state index < -0.39 is 34.8 Å². The molecule has 0 heterocycles. The zero-order valence-electron chi connectivity index (χ0n) is 15.1. The van der Waals surface area contributed by atoms with E-state index in [0.717, 1.165) is 11.8 Å². The van der Waals surface area contributed by atoms with E-state index >= 15 is 0 Å². The molecule has 0 unspecified atom stereocenters. The van der Waals surface area contributed by atoms with Crippen LogP contribution in [-0.4, -0.2) is 6.21 Å². The second-order valence-corrected chi connectivity index (χ2v) is 5.94. The summed E-state index contributed by atoms with van der Waals surface area (Å²) in [6.45, 7) is 0.180. The number of halogens is 5. The maximum Gasteiger partial charge on any atom is 0.200 e. The van der Waals surface area contributed by atoms with Crippen molar-refractivity contribution in [3.05, 3.63) is 94.3 Å². The van der Waals surface area contributed by atoms with Crippen molar-refractivity contribution in [2.45, 2.75) is 6.61 Å². The smallest absolute Gasteiger partial charge is 0.200 e. The number of nitriles is 1. The molecule has 0 bridgehead atoms. The van der Waals surface area contributed by atoms with Crippen LogP contribution in [0, 0.1) is 40.4 Å². The fraction of sp³-hybridized carbons (Fsp3) is 0.0476. The van der Waals surface area contributed by atoms with E-state index in [2.05, 4.69) is 11.2 Å². The molecule has 0 atom stereocenters. The molecule has 0 aliphatic heterocycles. The number of rotatable bonds is 6. The SMILES string of the molecule is N#Cc1ccccc1COc1ccc(/C=N\Nc2c(F)c(F)c(F)c(F)c2F)cc1. The first kappa shape index (κ1) is 20.8. The second-order valence-electron chi connectivity index (χ2n) is 5.94. The Morgan fingerprint density at radius 3 is 2.10 bits per heavy atom. The van der Waals surface area contributed by atoms with Gasteiger partial charge in [0.2, 0.25) is 5.82 Å². The standard InChI is InChI=1S/C21H12F5N3O/c22-16-17(23)19(25)21(20(26)18(16)24)29-28-10-12-5-7-15(8-6-12)30-11-14-4-2-1-3-13(14)9-27/h1-8,10,29H,11H2/b28-10-. The molecule has 0 saturated heterocycles. The molecule has 0 spiro atoms. The number of ether oxygens (including phenoxy) is 1. The Bertz CT molecular complexity index is 1110. The molecular formula is C21H12F5N3O. The molecule has 0 saturated carbocycles. The van der Waals surface area contributed by atoms with Gasteiger partial charge in [0.05, 0.1) is 17.8 Å². The van der Waals surface area contributed by atoms with E-state index in [1.54, 1.807) is 48.5 Å². The third kappa shape index (κ3) is 4.38. The van der Waals surface area contributed by atoms with Crippen molar-refractivity contribution in [3.8, 4) is 11.8 Å². The van der Waals surface area contributed by atoms with E-state index in [4.69, 9.17) is 10.00 Å². The Balaban J connectivity index is 1.65. The van der Waals surface area contributed by atoms with Crippen molar-refractivity contribution in [2.75, 3.05) is 5.43 Å². The van der Waals surface area contributed by atoms with Gasteiger partial charge in [-0.25, -0.2) is 22.0 Å². The lowest BCUT2D eigenvalue weighted by Crippen LogP contribution is -2.06. The van der Waals surface area contributed by atoms with Crippen LogP contribution < -0.4 is 10.2 Å². The maximum absolute atomic E-state index is 13.6. The molecular weight excluding hydrogens is 405 g/mol. The third-order valence-electron chi connectivity index (χ3n) is 4.01. The summed E-state index contributed by atoms with van der Waals surface area (Å²) in [5.41, 5.74) is 2.26. The van der Waals surface area contributed by atoms with Gasteiger partial charge in [0.1, 0.15) is 18.0 Å². The molecule has 0 fully saturated rings. The molecule has 3 aromatic rings. The maximum atomic E-state index is 13.6. The summed E-state index contributed by atoms with van der Waals surface area (Å²) < 4.78 is 72.1. The summed E-state index contributed by atoms with van der Waals surface area (Å²) in [5, 5.41) is 12.6. The number of hydrazone groups is 1. The first-order valence-electron chi connectivity index (χ1n) is 8.43. The molecule has 0 aliphatic carbocycles. The van der Waals surface area contributed by atoms with Crippen LogP contribution in [0.2, 0.25) is 0 Å². The fourth-order valence-corrected chi connectivity index (χ4v) is 2.44. The van der Waals surface area contributed by atoms with Gasteiger partial charge in [0.15, 0.2) is 23.3 Å². The summed E-state index contributed by atoms with van der Waals surface area (Å²) >= 11 is 0. The summed E-state index contributed by atoms with van der Waals surface area (Å²) in [4.78, 5) is 0. The molecule has 0 aliphatic rings. The highest BCUT2D eigenvalue weighted by molar-refractivity contribution is 5.80. The molecule has 1 N–H and O–H groups in total. The number of anilines is 1. The average Bonchev–Trinajstić information content (AvgIpc) is 2.78. The highest BCUT2D eigenvalue weighted by Gasteiger charge is 2.25. The first-order chi connectivity index (χ1) is 14.4. The highest BCUT2D eigenvalue weighted by atomic mass is 19.2. The Morgan fingerprint density at radius 2 is 1.47 bits per heavy atom. The quantitative estimate of drug-likeness (QED) is 0.195. The van der Waals surface area contributed by atoms with E-state index in [0.29, 0.717) is 16.9 Å². The molecule has 0 radical (unpaired) electrons. The number of hydrogen-bond donors (Lipinski definition) is 1. The van der Waals surface area contributed by atoms with Gasteiger partial charge in [-0.2, -0.15) is 10.4 Å². The predicted molar refractivity (Wildman–Crippen MR) is 99.4 cm³/mol. The van der Waals surface area contributed by atoms with Crippen LogP contribution in [0.25, 0.3) is 0 Å². The van der Waals surface area contributed by atoms with Crippen molar-refractivity contribution in [2.24, 2.45) is 5.10 Å². The fourth-order valence-electron chi connectivity index (χ4n) is 2.44. The minimum Gasteiger partial charge on any atom is -0.489 e. The van der Waals surface area contributed by atoms with Crippen molar-refractivity contribution >= 4 is 11.9 Å². The van der Waals surface area contributed by atoms with Gasteiger partial charge in [-0.05, 0) is 35.9 Å². The van der Waals surface area contributed by atoms with Gasteiger partial charge in [-0.15, -0.1) is 0 Å². The number of benzene rings is 3. The normalized spacial score (nSPS) is 10.8. The summed E-state index contributed by atoms with van der Waals surface area (Å²) in [6.07, 6.45) is 1.13. The van der Waals surface area contributed by atoms with Gasteiger partial charge in [0, 0.05) is 5.56 Å². The van der Waals surface area contributed by atoms with Gasteiger partial charge in [-0.3, -0.25) is 5.43 Å². The van der Waals surface area contributed by atoms with Gasteiger partial charge < -0.3 is 4.74 Å². The Labute approximate surface area is 167 Å². The summed E-state index contributed by atoms with van der Waals surface area (Å²) in [6, 6.07) is 15.4. The van der Waals surface area contributed by atoms with Crippen molar-refractivity contribution in [1.82, 2.24) is 0 Å². The second kappa shape index (κ2) is 9.05. The number of nitrogens with zero attached hydrogens (tertiary/aromatic N) is 2. The zero-order chi connectivity index (χ0) is 21.7. The van der Waals surface area contributed by atoms with Crippen molar-refractivity contribution in [1.29, 1.82) is 5.26 Å². The Hall–Kier alpha value is -3.93. The zero-order valence-corrected chi connectivity index (χ0v) is 15.1. The number of nitrogens with one attached hydrogen (secondary N) is 1. The van der Waals surface area contributed by atoms with Gasteiger partial charge >= 0.3 is 0 Å². The topological polar surface area (TPSA) is 57.4 Å². The lowest BCUT2D eigenvalue weighted by Gasteiger charge is -2.08. The molecule has 3 rings (SSSR count). The van der Waals surface area contributed by atoms with E-state index in [9.17, 15) is 22.0 Å². The third-order valence-corrected chi connectivity index (χ3v) is 4.01. The van der Waals surface area contributed by atoms with Crippen LogP contribution in [0.1, 0.15) is 16.7 Å². The molecule has 0 amide bonds. The van der Waals surface area contributed by atoms with Crippen LogP contribution in [0.3, 0.4) is 0 Å². The van der Waals surface area contributed by atoms with Crippen LogP contribution in [0.15, 0.2) is 53.6 Å². The summed E-state index contributed by atoms with van der Waals surface area (Å²) in [5.74, 6) is -9.90. The monoisotopic (exact) mass is 417 g/mol. The van der Waals surface area contributed by atoms with Gasteiger partial charge in [0.25, 0.3) is 0 Å². The lowest BCUT2D eigenvalue weighted by atomic mass is 10.1. The molecule has 4 nitrogen and oxygen atoms in total. The van der Waals surface area contributed by atoms with Crippen LogP contribution in [0.4, 0.5) is 27.6 Å². The minimum atomic E-state index is -2.24.